The Kier molecular flexibility index (Phi) is 4.39. The zero-order valence-corrected chi connectivity index (χ0v) is 11.4. The van der Waals surface area contributed by atoms with E-state index in [2.05, 4.69) is 9.97 Å². The van der Waals surface area contributed by atoms with Crippen LogP contribution in [0.15, 0.2) is 40.3 Å². The molecule has 3 nitrogen and oxygen atoms in total. The van der Waals surface area contributed by atoms with Gasteiger partial charge in [-0.15, -0.1) is 0 Å². The first-order chi connectivity index (χ1) is 9.34. The third-order valence-electron chi connectivity index (χ3n) is 2.30. The first-order valence-electron chi connectivity index (χ1n) is 5.40. The number of nitrogens with zero attached hydrogens (tertiary/aromatic N) is 1. The second-order valence-electron chi connectivity index (χ2n) is 3.85. The summed E-state index contributed by atoms with van der Waals surface area (Å²) in [5, 5.41) is 0.504. The maximum atomic E-state index is 12.5. The van der Waals surface area contributed by atoms with E-state index in [0.29, 0.717) is 16.8 Å². The normalized spacial score (nSPS) is 11.6. The van der Waals surface area contributed by atoms with Crippen molar-refractivity contribution in [2.24, 2.45) is 0 Å². The number of H-pyrrole nitrogens is 1. The van der Waals surface area contributed by atoms with Gasteiger partial charge in [0.25, 0.3) is 5.56 Å². The first kappa shape index (κ1) is 14.9. The molecular formula is C12H8ClF3N2OS. The largest absolute Gasteiger partial charge is 0.433 e. The summed E-state index contributed by atoms with van der Waals surface area (Å²) in [5.41, 5.74) is -1.16. The Hall–Kier alpha value is -1.47. The Balaban J connectivity index is 2.15. The van der Waals surface area contributed by atoms with Crippen molar-refractivity contribution in [3.63, 3.8) is 0 Å². The number of hydrogen-bond acceptors (Lipinski definition) is 3. The molecule has 0 aliphatic rings. The van der Waals surface area contributed by atoms with Gasteiger partial charge in [0.15, 0.2) is 10.9 Å². The topological polar surface area (TPSA) is 45.8 Å². The maximum absolute atomic E-state index is 12.5. The number of halogens is 4. The molecule has 0 atom stereocenters. The van der Waals surface area contributed by atoms with E-state index >= 15 is 0 Å². The molecular weight excluding hydrogens is 313 g/mol. The van der Waals surface area contributed by atoms with E-state index in [4.69, 9.17) is 11.6 Å². The van der Waals surface area contributed by atoms with Crippen LogP contribution in [0.3, 0.4) is 0 Å². The highest BCUT2D eigenvalue weighted by molar-refractivity contribution is 7.98. The Bertz CT molecular complexity index is 655. The Morgan fingerprint density at radius 2 is 1.90 bits per heavy atom. The average Bonchev–Trinajstić information content (AvgIpc) is 2.36. The number of aromatic amines is 1. The van der Waals surface area contributed by atoms with Crippen LogP contribution in [0, 0.1) is 0 Å². The Labute approximate surface area is 121 Å². The zero-order valence-electron chi connectivity index (χ0n) is 9.87. The number of nitrogens with one attached hydrogen (secondary N) is 1. The molecule has 8 heteroatoms. The van der Waals surface area contributed by atoms with Gasteiger partial charge in [-0.1, -0.05) is 35.5 Å². The standard InChI is InChI=1S/C12H8ClF3N2OS/c13-8-3-1-7(2-4-8)6-20-11-17-9(12(14,15)16)5-10(19)18-11/h1-5H,6H2,(H,17,18,19). The molecule has 2 aromatic rings. The van der Waals surface area contributed by atoms with E-state index in [0.717, 1.165) is 17.3 Å². The van der Waals surface area contributed by atoms with Crippen molar-refractivity contribution in [2.45, 2.75) is 17.1 Å². The van der Waals surface area contributed by atoms with Gasteiger partial charge in [0.1, 0.15) is 0 Å². The van der Waals surface area contributed by atoms with Crippen molar-refractivity contribution in [1.82, 2.24) is 9.97 Å². The van der Waals surface area contributed by atoms with Gasteiger partial charge in [0.2, 0.25) is 0 Å². The molecule has 2 rings (SSSR count). The minimum absolute atomic E-state index is 0.0697. The van der Waals surface area contributed by atoms with Crippen LogP contribution in [0.4, 0.5) is 13.2 Å². The quantitative estimate of drug-likeness (QED) is 0.692. The van der Waals surface area contributed by atoms with Crippen molar-refractivity contribution in [3.8, 4) is 0 Å². The van der Waals surface area contributed by atoms with E-state index in [1.165, 1.54) is 0 Å². The predicted octanol–water partition coefficient (Wildman–Crippen LogP) is 3.73. The molecule has 20 heavy (non-hydrogen) atoms. The molecule has 0 saturated heterocycles. The summed E-state index contributed by atoms with van der Waals surface area (Å²) in [5.74, 6) is 0.376. The number of thioether (sulfide) groups is 1. The molecule has 1 heterocycles. The zero-order chi connectivity index (χ0) is 14.8. The molecule has 0 saturated carbocycles. The fourth-order valence-corrected chi connectivity index (χ4v) is 2.34. The summed E-state index contributed by atoms with van der Waals surface area (Å²) in [4.78, 5) is 16.9. The molecule has 1 aromatic carbocycles. The summed E-state index contributed by atoms with van der Waals surface area (Å²) in [7, 11) is 0. The molecule has 0 fully saturated rings. The maximum Gasteiger partial charge on any atom is 0.433 e. The van der Waals surface area contributed by atoms with Crippen LogP contribution in [0.25, 0.3) is 0 Å². The smallest absolute Gasteiger partial charge is 0.301 e. The molecule has 1 aromatic heterocycles. The van der Waals surface area contributed by atoms with E-state index in [1.807, 2.05) is 0 Å². The Morgan fingerprint density at radius 3 is 2.50 bits per heavy atom. The lowest BCUT2D eigenvalue weighted by atomic mass is 10.2. The van der Waals surface area contributed by atoms with Crippen molar-refractivity contribution >= 4 is 23.4 Å². The summed E-state index contributed by atoms with van der Waals surface area (Å²) in [6, 6.07) is 7.30. The molecule has 106 valence electrons. The summed E-state index contributed by atoms with van der Waals surface area (Å²) < 4.78 is 37.5. The number of alkyl halides is 3. The first-order valence-corrected chi connectivity index (χ1v) is 6.77. The van der Waals surface area contributed by atoms with Crippen LogP contribution >= 0.6 is 23.4 Å². The highest BCUT2D eigenvalue weighted by Gasteiger charge is 2.33. The third kappa shape index (κ3) is 4.01. The lowest BCUT2D eigenvalue weighted by Crippen LogP contribution is -2.16. The van der Waals surface area contributed by atoms with Gasteiger partial charge < -0.3 is 4.98 Å². The van der Waals surface area contributed by atoms with E-state index in [1.54, 1.807) is 24.3 Å². The fourth-order valence-electron chi connectivity index (χ4n) is 1.38. The number of aromatic nitrogens is 2. The molecule has 0 unspecified atom stereocenters. The van der Waals surface area contributed by atoms with E-state index in [-0.39, 0.29) is 5.16 Å². The number of benzene rings is 1. The van der Waals surface area contributed by atoms with Crippen LogP contribution in [0.2, 0.25) is 5.02 Å². The predicted molar refractivity (Wildman–Crippen MR) is 70.9 cm³/mol. The summed E-state index contributed by atoms with van der Waals surface area (Å²) in [6.07, 6.45) is -4.64. The molecule has 0 spiro atoms. The summed E-state index contributed by atoms with van der Waals surface area (Å²) in [6.45, 7) is 0. The molecule has 0 aliphatic heterocycles. The van der Waals surface area contributed by atoms with Crippen molar-refractivity contribution < 1.29 is 13.2 Å². The van der Waals surface area contributed by atoms with Crippen molar-refractivity contribution in [2.75, 3.05) is 0 Å². The fraction of sp³-hybridized carbons (Fsp3) is 0.167. The molecule has 0 radical (unpaired) electrons. The minimum Gasteiger partial charge on any atom is -0.301 e. The van der Waals surface area contributed by atoms with Crippen LogP contribution in [-0.4, -0.2) is 9.97 Å². The summed E-state index contributed by atoms with van der Waals surface area (Å²) >= 11 is 6.74. The van der Waals surface area contributed by atoms with Crippen LogP contribution in [0.1, 0.15) is 11.3 Å². The lowest BCUT2D eigenvalue weighted by Gasteiger charge is -2.07. The highest BCUT2D eigenvalue weighted by atomic mass is 35.5. The van der Waals surface area contributed by atoms with Crippen molar-refractivity contribution in [3.05, 3.63) is 57.0 Å². The molecule has 0 aliphatic carbocycles. The van der Waals surface area contributed by atoms with Crippen LogP contribution in [0.5, 0.6) is 0 Å². The van der Waals surface area contributed by atoms with Gasteiger partial charge in [-0.25, -0.2) is 4.98 Å². The van der Waals surface area contributed by atoms with Gasteiger partial charge in [-0.3, -0.25) is 4.79 Å². The lowest BCUT2D eigenvalue weighted by molar-refractivity contribution is -0.141. The average molecular weight is 321 g/mol. The third-order valence-corrected chi connectivity index (χ3v) is 3.50. The second kappa shape index (κ2) is 5.88. The number of rotatable bonds is 3. The highest BCUT2D eigenvalue weighted by Crippen LogP contribution is 2.28. The van der Waals surface area contributed by atoms with Crippen molar-refractivity contribution in [1.29, 1.82) is 0 Å². The molecule has 0 amide bonds. The van der Waals surface area contributed by atoms with Gasteiger partial charge in [0, 0.05) is 16.8 Å². The van der Waals surface area contributed by atoms with Gasteiger partial charge >= 0.3 is 6.18 Å². The molecule has 0 bridgehead atoms. The van der Waals surface area contributed by atoms with E-state index < -0.39 is 17.4 Å². The molecule has 1 N–H and O–H groups in total. The SMILES string of the molecule is O=c1cc(C(F)(F)F)nc(SCc2ccc(Cl)cc2)[nH]1. The Morgan fingerprint density at radius 1 is 1.25 bits per heavy atom. The van der Waals surface area contributed by atoms with Crippen LogP contribution < -0.4 is 5.56 Å². The minimum atomic E-state index is -4.64. The van der Waals surface area contributed by atoms with E-state index in [9.17, 15) is 18.0 Å². The number of hydrogen-bond donors (Lipinski definition) is 1. The van der Waals surface area contributed by atoms with Gasteiger partial charge in [-0.2, -0.15) is 13.2 Å². The second-order valence-corrected chi connectivity index (χ2v) is 5.25. The van der Waals surface area contributed by atoms with Gasteiger partial charge in [-0.05, 0) is 17.7 Å². The van der Waals surface area contributed by atoms with Crippen LogP contribution in [-0.2, 0) is 11.9 Å². The monoisotopic (exact) mass is 320 g/mol. The van der Waals surface area contributed by atoms with Gasteiger partial charge in [0.05, 0.1) is 0 Å².